The molecule has 0 aliphatic carbocycles. The van der Waals surface area contributed by atoms with Gasteiger partial charge in [0.1, 0.15) is 6.54 Å². The van der Waals surface area contributed by atoms with Gasteiger partial charge in [-0.05, 0) is 19.0 Å². The van der Waals surface area contributed by atoms with Gasteiger partial charge in [-0.1, -0.05) is 13.8 Å². The molecular weight excluding hydrogens is 325 g/mol. The number of nitrogens with one attached hydrogen (secondary N) is 1. The molecule has 1 rings (SSSR count). The summed E-state index contributed by atoms with van der Waals surface area (Å²) in [5.41, 5.74) is 0. The van der Waals surface area contributed by atoms with Gasteiger partial charge in [0.15, 0.2) is 0 Å². The van der Waals surface area contributed by atoms with Crippen molar-refractivity contribution in [2.75, 3.05) is 19.6 Å². The molecule has 122 valence electrons. The van der Waals surface area contributed by atoms with Crippen LogP contribution in [0.15, 0.2) is 16.3 Å². The van der Waals surface area contributed by atoms with Crippen molar-refractivity contribution in [3.63, 3.8) is 0 Å². The summed E-state index contributed by atoms with van der Waals surface area (Å²) < 4.78 is 62.1. The third-order valence-corrected chi connectivity index (χ3v) is 5.69. The lowest BCUT2D eigenvalue weighted by molar-refractivity contribution is -0.135. The summed E-state index contributed by atoms with van der Waals surface area (Å²) >= 11 is 1.22. The normalized spacial score (nSPS) is 13.0. The topological polar surface area (TPSA) is 49.4 Å². The Labute approximate surface area is 127 Å². The molecule has 0 fully saturated rings. The summed E-state index contributed by atoms with van der Waals surface area (Å²) in [4.78, 5) is 0.706. The Morgan fingerprint density at radius 3 is 2.52 bits per heavy atom. The summed E-state index contributed by atoms with van der Waals surface area (Å²) in [5.74, 6) is 0. The summed E-state index contributed by atoms with van der Waals surface area (Å²) in [6.07, 6.45) is -3.60. The molecule has 0 aromatic carbocycles. The van der Waals surface area contributed by atoms with E-state index < -0.39 is 22.7 Å². The van der Waals surface area contributed by atoms with Crippen LogP contribution in [0, 0.1) is 0 Å². The zero-order valence-electron chi connectivity index (χ0n) is 11.9. The number of rotatable bonds is 8. The van der Waals surface area contributed by atoms with Crippen molar-refractivity contribution in [1.29, 1.82) is 0 Å². The van der Waals surface area contributed by atoms with Crippen molar-refractivity contribution in [1.82, 2.24) is 9.62 Å². The molecule has 1 aromatic heterocycles. The molecule has 0 amide bonds. The largest absolute Gasteiger partial charge is 0.402 e. The zero-order valence-corrected chi connectivity index (χ0v) is 13.5. The van der Waals surface area contributed by atoms with E-state index in [2.05, 4.69) is 5.32 Å². The third-order valence-electron chi connectivity index (χ3n) is 2.70. The first-order valence-electron chi connectivity index (χ1n) is 6.55. The van der Waals surface area contributed by atoms with E-state index in [1.54, 1.807) is 0 Å². The maximum Gasteiger partial charge on any atom is 0.402 e. The summed E-state index contributed by atoms with van der Waals surface area (Å²) in [6.45, 7) is 3.02. The number of halogens is 3. The van der Waals surface area contributed by atoms with Gasteiger partial charge in [0.05, 0.1) is 4.90 Å². The first kappa shape index (κ1) is 18.4. The smallest absolute Gasteiger partial charge is 0.312 e. The van der Waals surface area contributed by atoms with E-state index in [-0.39, 0.29) is 11.4 Å². The molecule has 0 aliphatic heterocycles. The maximum atomic E-state index is 12.4. The van der Waals surface area contributed by atoms with Gasteiger partial charge in [0.2, 0.25) is 10.0 Å². The molecule has 0 unspecified atom stereocenters. The van der Waals surface area contributed by atoms with Crippen LogP contribution in [-0.2, 0) is 16.6 Å². The highest BCUT2D eigenvalue weighted by Gasteiger charge is 2.36. The predicted molar refractivity (Wildman–Crippen MR) is 76.8 cm³/mol. The first-order chi connectivity index (χ1) is 9.70. The Kier molecular flexibility index (Phi) is 6.64. The molecule has 21 heavy (non-hydrogen) atoms. The van der Waals surface area contributed by atoms with Crippen molar-refractivity contribution in [3.8, 4) is 0 Å². The molecule has 0 saturated heterocycles. The summed E-state index contributed by atoms with van der Waals surface area (Å²) in [7, 11) is -4.10. The van der Waals surface area contributed by atoms with Crippen LogP contribution in [0.2, 0.25) is 0 Å². The highest BCUT2D eigenvalue weighted by atomic mass is 32.2. The molecule has 9 heteroatoms. The molecule has 0 bridgehead atoms. The van der Waals surface area contributed by atoms with E-state index in [1.807, 2.05) is 6.92 Å². The Hall–Kier alpha value is -0.640. The first-order valence-corrected chi connectivity index (χ1v) is 8.87. The van der Waals surface area contributed by atoms with Gasteiger partial charge < -0.3 is 5.32 Å². The van der Waals surface area contributed by atoms with Crippen molar-refractivity contribution in [2.24, 2.45) is 0 Å². The molecule has 0 saturated carbocycles. The molecule has 0 spiro atoms. The highest BCUT2D eigenvalue weighted by Crippen LogP contribution is 2.25. The standard InChI is InChI=1S/C12H19F3N2O2S2/c1-3-5-16-7-10-6-11(8-20-10)21(18,19)17(4-2)9-12(13,14)15/h6,8,16H,3-5,7,9H2,1-2H3. The molecule has 1 N–H and O–H groups in total. The average molecular weight is 344 g/mol. The fourth-order valence-electron chi connectivity index (χ4n) is 1.69. The predicted octanol–water partition coefficient (Wildman–Crippen LogP) is 2.82. The van der Waals surface area contributed by atoms with Gasteiger partial charge in [0.25, 0.3) is 0 Å². The lowest BCUT2D eigenvalue weighted by atomic mass is 10.4. The Morgan fingerprint density at radius 1 is 1.33 bits per heavy atom. The fourth-order valence-corrected chi connectivity index (χ4v) is 4.36. The van der Waals surface area contributed by atoms with Crippen LogP contribution in [0.4, 0.5) is 13.2 Å². The number of hydrogen-bond donors (Lipinski definition) is 1. The molecule has 0 aliphatic rings. The number of thiophene rings is 1. The Bertz CT molecular complexity index is 541. The number of alkyl halides is 3. The lowest BCUT2D eigenvalue weighted by Gasteiger charge is -2.21. The SMILES string of the molecule is CCCNCc1cc(S(=O)(=O)N(CC)CC(F)(F)F)cs1. The van der Waals surface area contributed by atoms with Gasteiger partial charge in [-0.15, -0.1) is 11.3 Å². The van der Waals surface area contributed by atoms with E-state index >= 15 is 0 Å². The summed E-state index contributed by atoms with van der Waals surface area (Å²) in [6, 6.07) is 1.43. The van der Waals surface area contributed by atoms with Crippen molar-refractivity contribution < 1.29 is 21.6 Å². The van der Waals surface area contributed by atoms with Gasteiger partial charge in [0, 0.05) is 23.3 Å². The minimum atomic E-state index is -4.55. The van der Waals surface area contributed by atoms with Crippen molar-refractivity contribution in [3.05, 3.63) is 16.3 Å². The van der Waals surface area contributed by atoms with Crippen LogP contribution in [0.25, 0.3) is 0 Å². The number of hydrogen-bond acceptors (Lipinski definition) is 4. The Morgan fingerprint density at radius 2 is 2.00 bits per heavy atom. The van der Waals surface area contributed by atoms with Gasteiger partial charge in [-0.25, -0.2) is 8.42 Å². The molecule has 1 aromatic rings. The van der Waals surface area contributed by atoms with Crippen LogP contribution < -0.4 is 5.32 Å². The van der Waals surface area contributed by atoms with Crippen LogP contribution in [0.1, 0.15) is 25.1 Å². The number of nitrogens with zero attached hydrogens (tertiary/aromatic N) is 1. The van der Waals surface area contributed by atoms with Crippen molar-refractivity contribution in [2.45, 2.75) is 37.9 Å². The minimum Gasteiger partial charge on any atom is -0.312 e. The Balaban J connectivity index is 2.86. The molecule has 1 heterocycles. The highest BCUT2D eigenvalue weighted by molar-refractivity contribution is 7.89. The maximum absolute atomic E-state index is 12.4. The average Bonchev–Trinajstić information content (AvgIpc) is 2.84. The van der Waals surface area contributed by atoms with E-state index in [0.29, 0.717) is 10.8 Å². The zero-order chi connectivity index (χ0) is 16.1. The van der Waals surface area contributed by atoms with E-state index in [0.717, 1.165) is 17.8 Å². The number of sulfonamides is 1. The van der Waals surface area contributed by atoms with Crippen LogP contribution in [0.3, 0.4) is 0 Å². The van der Waals surface area contributed by atoms with Crippen molar-refractivity contribution >= 4 is 21.4 Å². The quantitative estimate of drug-likeness (QED) is 0.738. The second kappa shape index (κ2) is 7.57. The third kappa shape index (κ3) is 5.57. The van der Waals surface area contributed by atoms with E-state index in [4.69, 9.17) is 0 Å². The van der Waals surface area contributed by atoms with Crippen LogP contribution in [0.5, 0.6) is 0 Å². The van der Waals surface area contributed by atoms with Crippen LogP contribution >= 0.6 is 11.3 Å². The minimum absolute atomic E-state index is 0.0769. The molecular formula is C12H19F3N2O2S2. The molecule has 0 atom stereocenters. The van der Waals surface area contributed by atoms with Gasteiger partial charge in [-0.2, -0.15) is 17.5 Å². The molecule has 0 radical (unpaired) electrons. The monoisotopic (exact) mass is 344 g/mol. The summed E-state index contributed by atoms with van der Waals surface area (Å²) in [5, 5.41) is 4.51. The molecule has 4 nitrogen and oxygen atoms in total. The van der Waals surface area contributed by atoms with Crippen LogP contribution in [-0.4, -0.2) is 38.5 Å². The van der Waals surface area contributed by atoms with Gasteiger partial charge >= 0.3 is 6.18 Å². The lowest BCUT2D eigenvalue weighted by Crippen LogP contribution is -2.38. The second-order valence-corrected chi connectivity index (χ2v) is 7.41. The fraction of sp³-hybridized carbons (Fsp3) is 0.667. The van der Waals surface area contributed by atoms with E-state index in [9.17, 15) is 21.6 Å². The van der Waals surface area contributed by atoms with Gasteiger partial charge in [-0.3, -0.25) is 0 Å². The van der Waals surface area contributed by atoms with E-state index in [1.165, 1.54) is 29.7 Å². The second-order valence-electron chi connectivity index (χ2n) is 4.47.